The summed E-state index contributed by atoms with van der Waals surface area (Å²) in [5.41, 5.74) is 0.650. The summed E-state index contributed by atoms with van der Waals surface area (Å²) >= 11 is 0. The Morgan fingerprint density at radius 2 is 1.95 bits per heavy atom. The number of nitrogens with one attached hydrogen (secondary N) is 2. The molecule has 0 aliphatic carbocycles. The molecule has 1 aromatic carbocycles. The molecule has 114 valence electrons. The van der Waals surface area contributed by atoms with Crippen LogP contribution in [0.15, 0.2) is 30.3 Å². The van der Waals surface area contributed by atoms with E-state index in [0.717, 1.165) is 4.90 Å². The Kier molecular flexibility index (Phi) is 4.73. The van der Waals surface area contributed by atoms with Crippen LogP contribution in [-0.2, 0) is 14.4 Å². The highest BCUT2D eigenvalue weighted by molar-refractivity contribution is 6.35. The van der Waals surface area contributed by atoms with Crippen molar-refractivity contribution < 1.29 is 14.4 Å². The number of hydrogen-bond donors (Lipinski definition) is 2. The fraction of sp³-hybridized carbons (Fsp3) is 0.333. The Balaban J connectivity index is 2.05. The Bertz CT molecular complexity index is 623. The molecule has 1 aromatic rings. The smallest absolute Gasteiger partial charge is 0.312 e. The van der Waals surface area contributed by atoms with Crippen molar-refractivity contribution in [2.24, 2.45) is 5.92 Å². The monoisotopic (exact) mass is 300 g/mol. The zero-order valence-corrected chi connectivity index (χ0v) is 12.1. The second-order valence-corrected chi connectivity index (χ2v) is 4.97. The van der Waals surface area contributed by atoms with E-state index in [9.17, 15) is 14.4 Å². The van der Waals surface area contributed by atoms with Crippen LogP contribution >= 0.6 is 0 Å². The molecule has 22 heavy (non-hydrogen) atoms. The van der Waals surface area contributed by atoms with E-state index in [2.05, 4.69) is 10.6 Å². The average Bonchev–Trinajstić information content (AvgIpc) is 2.98. The van der Waals surface area contributed by atoms with Crippen molar-refractivity contribution in [2.45, 2.75) is 12.5 Å². The van der Waals surface area contributed by atoms with Gasteiger partial charge in [0.15, 0.2) is 0 Å². The van der Waals surface area contributed by atoms with Crippen molar-refractivity contribution in [1.29, 1.82) is 5.26 Å². The molecule has 0 bridgehead atoms. The zero-order valence-electron chi connectivity index (χ0n) is 12.1. The SMILES string of the molecule is CNC(=O)C(=O)N1CC(C(=O)Nc2ccccc2)CC1C#N. The lowest BCUT2D eigenvalue weighted by Crippen LogP contribution is -2.44. The van der Waals surface area contributed by atoms with E-state index < -0.39 is 23.8 Å². The van der Waals surface area contributed by atoms with Gasteiger partial charge in [0.1, 0.15) is 6.04 Å². The van der Waals surface area contributed by atoms with Gasteiger partial charge in [-0.2, -0.15) is 5.26 Å². The Labute approximate surface area is 127 Å². The predicted molar refractivity (Wildman–Crippen MR) is 78.4 cm³/mol. The molecule has 7 nitrogen and oxygen atoms in total. The lowest BCUT2D eigenvalue weighted by atomic mass is 10.1. The van der Waals surface area contributed by atoms with Crippen molar-refractivity contribution in [3.05, 3.63) is 30.3 Å². The molecule has 2 atom stereocenters. The number of anilines is 1. The van der Waals surface area contributed by atoms with E-state index in [0.29, 0.717) is 5.69 Å². The number of hydrogen-bond acceptors (Lipinski definition) is 4. The molecule has 1 fully saturated rings. The molecule has 0 spiro atoms. The molecule has 0 radical (unpaired) electrons. The number of carbonyl (C=O) groups excluding carboxylic acids is 3. The summed E-state index contributed by atoms with van der Waals surface area (Å²) in [6.07, 6.45) is 0.220. The number of nitrogens with zero attached hydrogens (tertiary/aromatic N) is 2. The number of likely N-dealkylation sites (N-methyl/N-ethyl adjacent to an activating group) is 1. The number of benzene rings is 1. The fourth-order valence-electron chi connectivity index (χ4n) is 2.38. The highest BCUT2D eigenvalue weighted by Gasteiger charge is 2.40. The van der Waals surface area contributed by atoms with E-state index in [1.807, 2.05) is 12.1 Å². The number of rotatable bonds is 2. The van der Waals surface area contributed by atoms with E-state index in [-0.39, 0.29) is 18.9 Å². The zero-order chi connectivity index (χ0) is 16.1. The lowest BCUT2D eigenvalue weighted by Gasteiger charge is -2.18. The minimum absolute atomic E-state index is 0.0587. The van der Waals surface area contributed by atoms with Gasteiger partial charge < -0.3 is 15.5 Å². The van der Waals surface area contributed by atoms with Crippen molar-refractivity contribution in [3.8, 4) is 6.07 Å². The normalized spacial score (nSPS) is 20.1. The maximum absolute atomic E-state index is 12.2. The van der Waals surface area contributed by atoms with E-state index in [1.54, 1.807) is 24.3 Å². The van der Waals surface area contributed by atoms with Gasteiger partial charge in [0, 0.05) is 19.3 Å². The maximum atomic E-state index is 12.2. The highest BCUT2D eigenvalue weighted by atomic mass is 16.2. The average molecular weight is 300 g/mol. The number of likely N-dealkylation sites (tertiary alicyclic amines) is 1. The van der Waals surface area contributed by atoms with Crippen molar-refractivity contribution in [2.75, 3.05) is 18.9 Å². The first-order valence-corrected chi connectivity index (χ1v) is 6.85. The summed E-state index contributed by atoms with van der Waals surface area (Å²) in [7, 11) is 1.34. The van der Waals surface area contributed by atoms with Crippen LogP contribution in [-0.4, -0.2) is 42.3 Å². The Morgan fingerprint density at radius 3 is 2.55 bits per heavy atom. The van der Waals surface area contributed by atoms with Crippen LogP contribution in [0.2, 0.25) is 0 Å². The molecule has 7 heteroatoms. The number of nitriles is 1. The third-order valence-electron chi connectivity index (χ3n) is 3.54. The molecule has 0 aromatic heterocycles. The quantitative estimate of drug-likeness (QED) is 0.757. The van der Waals surface area contributed by atoms with Crippen LogP contribution in [0.3, 0.4) is 0 Å². The van der Waals surface area contributed by atoms with Crippen molar-refractivity contribution in [3.63, 3.8) is 0 Å². The van der Waals surface area contributed by atoms with Crippen molar-refractivity contribution in [1.82, 2.24) is 10.2 Å². The van der Waals surface area contributed by atoms with Crippen LogP contribution in [0, 0.1) is 17.2 Å². The topological polar surface area (TPSA) is 102 Å². The number of amides is 3. The van der Waals surface area contributed by atoms with Gasteiger partial charge in [0.25, 0.3) is 0 Å². The van der Waals surface area contributed by atoms with Crippen LogP contribution in [0.5, 0.6) is 0 Å². The Morgan fingerprint density at radius 1 is 1.27 bits per heavy atom. The van der Waals surface area contributed by atoms with Crippen LogP contribution in [0.1, 0.15) is 6.42 Å². The van der Waals surface area contributed by atoms with Gasteiger partial charge >= 0.3 is 11.8 Å². The molecule has 2 unspecified atom stereocenters. The van der Waals surface area contributed by atoms with Gasteiger partial charge in [0.05, 0.1) is 12.0 Å². The Hall–Kier alpha value is -2.88. The number of para-hydroxylation sites is 1. The lowest BCUT2D eigenvalue weighted by molar-refractivity contribution is -0.145. The second-order valence-electron chi connectivity index (χ2n) is 4.97. The van der Waals surface area contributed by atoms with Crippen LogP contribution < -0.4 is 10.6 Å². The van der Waals surface area contributed by atoms with E-state index in [4.69, 9.17) is 5.26 Å². The van der Waals surface area contributed by atoms with Gasteiger partial charge in [-0.1, -0.05) is 18.2 Å². The minimum atomic E-state index is -0.788. The molecule has 2 rings (SSSR count). The molecular formula is C15H16N4O3. The molecule has 1 aliphatic heterocycles. The molecule has 0 saturated carbocycles. The van der Waals surface area contributed by atoms with Gasteiger partial charge in [-0.3, -0.25) is 14.4 Å². The second kappa shape index (κ2) is 6.72. The largest absolute Gasteiger partial charge is 0.351 e. The van der Waals surface area contributed by atoms with Crippen molar-refractivity contribution >= 4 is 23.4 Å². The molecular weight excluding hydrogens is 284 g/mol. The third kappa shape index (κ3) is 3.23. The highest BCUT2D eigenvalue weighted by Crippen LogP contribution is 2.24. The summed E-state index contributed by atoms with van der Waals surface area (Å²) in [5, 5.41) is 14.1. The van der Waals surface area contributed by atoms with Gasteiger partial charge in [-0.05, 0) is 18.6 Å². The van der Waals surface area contributed by atoms with E-state index in [1.165, 1.54) is 7.05 Å². The minimum Gasteiger partial charge on any atom is -0.351 e. The summed E-state index contributed by atoms with van der Waals surface area (Å²) in [5.74, 6) is -2.36. The first-order valence-electron chi connectivity index (χ1n) is 6.85. The predicted octanol–water partition coefficient (Wildman–Crippen LogP) is 0.112. The molecule has 3 amide bonds. The first-order chi connectivity index (χ1) is 10.6. The third-order valence-corrected chi connectivity index (χ3v) is 3.54. The van der Waals surface area contributed by atoms with Gasteiger partial charge in [-0.15, -0.1) is 0 Å². The first kappa shape index (κ1) is 15.5. The summed E-state index contributed by atoms with van der Waals surface area (Å²) in [6.45, 7) is 0.0587. The summed E-state index contributed by atoms with van der Waals surface area (Å²) < 4.78 is 0. The fourth-order valence-corrected chi connectivity index (χ4v) is 2.38. The molecule has 1 heterocycles. The molecule has 2 N–H and O–H groups in total. The van der Waals surface area contributed by atoms with E-state index >= 15 is 0 Å². The standard InChI is InChI=1S/C15H16N4O3/c1-17-14(21)15(22)19-9-10(7-12(19)8-16)13(20)18-11-5-3-2-4-6-11/h2-6,10,12H,7,9H2,1H3,(H,17,21)(H,18,20). The van der Waals surface area contributed by atoms with Crippen LogP contribution in [0.4, 0.5) is 5.69 Å². The molecule has 1 aliphatic rings. The summed E-state index contributed by atoms with van der Waals surface area (Å²) in [4.78, 5) is 36.7. The molecule has 1 saturated heterocycles. The summed E-state index contributed by atoms with van der Waals surface area (Å²) in [6, 6.07) is 10.1. The van der Waals surface area contributed by atoms with Crippen LogP contribution in [0.25, 0.3) is 0 Å². The number of carbonyl (C=O) groups is 3. The van der Waals surface area contributed by atoms with Gasteiger partial charge in [-0.25, -0.2) is 0 Å². The maximum Gasteiger partial charge on any atom is 0.312 e. The van der Waals surface area contributed by atoms with Gasteiger partial charge in [0.2, 0.25) is 5.91 Å².